The first-order valence-electron chi connectivity index (χ1n) is 8.32. The summed E-state index contributed by atoms with van der Waals surface area (Å²) in [7, 11) is 1.61. The number of aromatic nitrogens is 1. The van der Waals surface area contributed by atoms with E-state index < -0.39 is 0 Å². The second-order valence-electron chi connectivity index (χ2n) is 6.01. The van der Waals surface area contributed by atoms with E-state index in [1.54, 1.807) is 24.5 Å². The fraction of sp³-hybridized carbons (Fsp3) is 0.444. The number of piperazine rings is 1. The lowest BCUT2D eigenvalue weighted by Gasteiger charge is -2.34. The van der Waals surface area contributed by atoms with Gasteiger partial charge in [0.1, 0.15) is 16.5 Å². The SMILES string of the molecule is COc1cccc(OCC(=O)N2CCN(Cc3nc(C)cs3)CC2)c1. The minimum Gasteiger partial charge on any atom is -0.497 e. The largest absolute Gasteiger partial charge is 0.497 e. The molecule has 1 aromatic carbocycles. The van der Waals surface area contributed by atoms with E-state index in [0.29, 0.717) is 5.75 Å². The van der Waals surface area contributed by atoms with Crippen LogP contribution in [0.3, 0.4) is 0 Å². The van der Waals surface area contributed by atoms with E-state index in [0.717, 1.165) is 49.2 Å². The van der Waals surface area contributed by atoms with Crippen molar-refractivity contribution in [1.29, 1.82) is 0 Å². The number of amides is 1. The van der Waals surface area contributed by atoms with Gasteiger partial charge >= 0.3 is 0 Å². The number of rotatable bonds is 6. The number of hydrogen-bond donors (Lipinski definition) is 0. The minimum absolute atomic E-state index is 0.0209. The first kappa shape index (κ1) is 17.7. The van der Waals surface area contributed by atoms with E-state index in [1.807, 2.05) is 30.0 Å². The molecule has 1 aliphatic heterocycles. The number of carbonyl (C=O) groups excluding carboxylic acids is 1. The maximum Gasteiger partial charge on any atom is 0.260 e. The Morgan fingerprint density at radius 2 is 2.00 bits per heavy atom. The minimum atomic E-state index is 0.0209. The molecule has 1 saturated heterocycles. The fourth-order valence-corrected chi connectivity index (χ4v) is 3.56. The number of benzene rings is 1. The van der Waals surface area contributed by atoms with Crippen LogP contribution >= 0.6 is 11.3 Å². The molecule has 0 aliphatic carbocycles. The Labute approximate surface area is 152 Å². The second kappa shape index (κ2) is 8.31. The predicted molar refractivity (Wildman–Crippen MR) is 97.2 cm³/mol. The summed E-state index contributed by atoms with van der Waals surface area (Å²) in [6.45, 7) is 6.11. The molecular formula is C18H23N3O3S. The third-order valence-electron chi connectivity index (χ3n) is 4.15. The number of thiazole rings is 1. The molecule has 0 bridgehead atoms. The van der Waals surface area contributed by atoms with Crippen LogP contribution in [0.4, 0.5) is 0 Å². The number of ether oxygens (including phenoxy) is 2. The molecule has 6 nitrogen and oxygen atoms in total. The van der Waals surface area contributed by atoms with E-state index in [4.69, 9.17) is 9.47 Å². The Morgan fingerprint density at radius 1 is 1.24 bits per heavy atom. The van der Waals surface area contributed by atoms with Crippen molar-refractivity contribution >= 4 is 17.2 Å². The highest BCUT2D eigenvalue weighted by Gasteiger charge is 2.22. The Bertz CT molecular complexity index is 711. The van der Waals surface area contributed by atoms with Gasteiger partial charge in [-0.3, -0.25) is 9.69 Å². The van der Waals surface area contributed by atoms with Gasteiger partial charge in [0.05, 0.1) is 13.7 Å². The molecule has 0 N–H and O–H groups in total. The molecule has 0 saturated carbocycles. The molecule has 1 aromatic heterocycles. The van der Waals surface area contributed by atoms with Crippen LogP contribution in [0.25, 0.3) is 0 Å². The van der Waals surface area contributed by atoms with Gasteiger partial charge in [-0.1, -0.05) is 6.07 Å². The van der Waals surface area contributed by atoms with Gasteiger partial charge in [0.15, 0.2) is 6.61 Å². The zero-order valence-corrected chi connectivity index (χ0v) is 15.4. The van der Waals surface area contributed by atoms with Crippen molar-refractivity contribution < 1.29 is 14.3 Å². The van der Waals surface area contributed by atoms with Crippen molar-refractivity contribution in [3.05, 3.63) is 40.3 Å². The standard InChI is InChI=1S/C18H23N3O3S/c1-14-13-25-17(19-14)11-20-6-8-21(9-7-20)18(22)12-24-16-5-3-4-15(10-16)23-2/h3-5,10,13H,6-9,11-12H2,1-2H3. The summed E-state index contributed by atoms with van der Waals surface area (Å²) in [5.74, 6) is 1.38. The number of aryl methyl sites for hydroxylation is 1. The quantitative estimate of drug-likeness (QED) is 0.789. The summed E-state index contributed by atoms with van der Waals surface area (Å²) in [6, 6.07) is 7.29. The molecule has 7 heteroatoms. The van der Waals surface area contributed by atoms with Crippen molar-refractivity contribution in [3.8, 4) is 11.5 Å². The van der Waals surface area contributed by atoms with Gasteiger partial charge in [0, 0.05) is 43.3 Å². The molecule has 134 valence electrons. The van der Waals surface area contributed by atoms with Gasteiger partial charge in [-0.25, -0.2) is 4.98 Å². The van der Waals surface area contributed by atoms with E-state index in [1.165, 1.54) is 0 Å². The monoisotopic (exact) mass is 361 g/mol. The van der Waals surface area contributed by atoms with Crippen molar-refractivity contribution in [1.82, 2.24) is 14.8 Å². The third kappa shape index (κ3) is 4.93. The number of carbonyl (C=O) groups is 1. The van der Waals surface area contributed by atoms with E-state index in [9.17, 15) is 4.79 Å². The normalized spacial score (nSPS) is 15.2. The molecule has 0 spiro atoms. The number of hydrogen-bond acceptors (Lipinski definition) is 6. The van der Waals surface area contributed by atoms with Crippen LogP contribution in [0.1, 0.15) is 10.7 Å². The Morgan fingerprint density at radius 3 is 2.68 bits per heavy atom. The molecule has 1 fully saturated rings. The van der Waals surface area contributed by atoms with E-state index in [2.05, 4.69) is 15.3 Å². The molecular weight excluding hydrogens is 338 g/mol. The average Bonchev–Trinajstić information content (AvgIpc) is 3.05. The molecule has 2 aromatic rings. The molecule has 2 heterocycles. The summed E-state index contributed by atoms with van der Waals surface area (Å²) < 4.78 is 10.8. The highest BCUT2D eigenvalue weighted by atomic mass is 32.1. The van der Waals surface area contributed by atoms with Crippen molar-refractivity contribution in [2.75, 3.05) is 39.9 Å². The van der Waals surface area contributed by atoms with Crippen molar-refractivity contribution in [2.45, 2.75) is 13.5 Å². The summed E-state index contributed by atoms with van der Waals surface area (Å²) in [4.78, 5) is 21.0. The van der Waals surface area contributed by atoms with Gasteiger partial charge in [0.25, 0.3) is 5.91 Å². The molecule has 0 radical (unpaired) electrons. The van der Waals surface area contributed by atoms with Gasteiger partial charge in [-0.2, -0.15) is 0 Å². The van der Waals surface area contributed by atoms with Gasteiger partial charge in [0.2, 0.25) is 0 Å². The van der Waals surface area contributed by atoms with Gasteiger partial charge in [-0.15, -0.1) is 11.3 Å². The smallest absolute Gasteiger partial charge is 0.260 e. The van der Waals surface area contributed by atoms with Crippen LogP contribution in [0.15, 0.2) is 29.6 Å². The summed E-state index contributed by atoms with van der Waals surface area (Å²) in [5, 5.41) is 3.21. The predicted octanol–water partition coefficient (Wildman–Crippen LogP) is 2.18. The molecule has 3 rings (SSSR count). The fourth-order valence-electron chi connectivity index (χ4n) is 2.75. The average molecular weight is 361 g/mol. The van der Waals surface area contributed by atoms with Crippen molar-refractivity contribution in [3.63, 3.8) is 0 Å². The molecule has 0 unspecified atom stereocenters. The zero-order chi connectivity index (χ0) is 17.6. The van der Waals surface area contributed by atoms with Crippen LogP contribution in [-0.4, -0.2) is 60.6 Å². The van der Waals surface area contributed by atoms with E-state index >= 15 is 0 Å². The first-order valence-corrected chi connectivity index (χ1v) is 9.20. The van der Waals surface area contributed by atoms with Gasteiger partial charge in [-0.05, 0) is 19.1 Å². The molecule has 25 heavy (non-hydrogen) atoms. The van der Waals surface area contributed by atoms with E-state index in [-0.39, 0.29) is 12.5 Å². The highest BCUT2D eigenvalue weighted by Crippen LogP contribution is 2.19. The molecule has 1 amide bonds. The van der Waals surface area contributed by atoms with Gasteiger partial charge < -0.3 is 14.4 Å². The number of methoxy groups -OCH3 is 1. The highest BCUT2D eigenvalue weighted by molar-refractivity contribution is 7.09. The lowest BCUT2D eigenvalue weighted by atomic mass is 10.3. The maximum atomic E-state index is 12.3. The first-order chi connectivity index (χ1) is 12.1. The number of nitrogens with zero attached hydrogens (tertiary/aromatic N) is 3. The molecule has 1 aliphatic rings. The Kier molecular flexibility index (Phi) is 5.88. The molecule has 0 atom stereocenters. The van der Waals surface area contributed by atoms with Crippen LogP contribution in [-0.2, 0) is 11.3 Å². The Balaban J connectivity index is 1.43. The van der Waals surface area contributed by atoms with Crippen LogP contribution in [0.2, 0.25) is 0 Å². The van der Waals surface area contributed by atoms with Crippen LogP contribution in [0, 0.1) is 6.92 Å². The zero-order valence-electron chi connectivity index (χ0n) is 14.6. The lowest BCUT2D eigenvalue weighted by molar-refractivity contribution is -0.135. The second-order valence-corrected chi connectivity index (χ2v) is 6.95. The summed E-state index contributed by atoms with van der Waals surface area (Å²) in [6.07, 6.45) is 0. The third-order valence-corrected chi connectivity index (χ3v) is 5.11. The topological polar surface area (TPSA) is 54.9 Å². The summed E-state index contributed by atoms with van der Waals surface area (Å²) in [5.41, 5.74) is 1.07. The van der Waals surface area contributed by atoms with Crippen molar-refractivity contribution in [2.24, 2.45) is 0 Å². The Hall–Kier alpha value is -2.12. The van der Waals surface area contributed by atoms with Crippen LogP contribution < -0.4 is 9.47 Å². The van der Waals surface area contributed by atoms with Crippen LogP contribution in [0.5, 0.6) is 11.5 Å². The summed E-state index contributed by atoms with van der Waals surface area (Å²) >= 11 is 1.70. The lowest BCUT2D eigenvalue weighted by Crippen LogP contribution is -2.49. The maximum absolute atomic E-state index is 12.3.